The fourth-order valence-electron chi connectivity index (χ4n) is 1.98. The highest BCUT2D eigenvalue weighted by molar-refractivity contribution is 5.64. The normalized spacial score (nSPS) is 12.6. The van der Waals surface area contributed by atoms with Gasteiger partial charge in [0, 0.05) is 6.92 Å². The molecule has 0 atom stereocenters. The Morgan fingerprint density at radius 1 is 1.25 bits per heavy atom. The molecule has 0 spiro atoms. The summed E-state index contributed by atoms with van der Waals surface area (Å²) in [6.07, 6.45) is 1.60. The minimum atomic E-state index is 0.486. The van der Waals surface area contributed by atoms with Crippen molar-refractivity contribution >= 4 is 0 Å². The minimum Gasteiger partial charge on any atom is -0.459 e. The summed E-state index contributed by atoms with van der Waals surface area (Å²) < 4.78 is 7.72. The molecule has 0 fully saturated rings. The summed E-state index contributed by atoms with van der Waals surface area (Å²) in [5.74, 6) is 2.77. The Balaban J connectivity index is 2.32. The van der Waals surface area contributed by atoms with Gasteiger partial charge in [0.1, 0.15) is 5.75 Å². The third-order valence-electron chi connectivity index (χ3n) is 2.86. The fraction of sp³-hybridized carbons (Fsp3) is 0.250. The number of rotatable bonds is 0. The lowest BCUT2D eigenvalue weighted by molar-refractivity contribution is -0.728. The first-order chi connectivity index (χ1) is 7.77. The van der Waals surface area contributed by atoms with Crippen LogP contribution in [0.4, 0.5) is 0 Å². The van der Waals surface area contributed by atoms with Crippen molar-refractivity contribution in [1.29, 1.82) is 0 Å². The third-order valence-corrected chi connectivity index (χ3v) is 2.86. The number of ether oxygens (including phenoxy) is 1. The van der Waals surface area contributed by atoms with Crippen LogP contribution in [0.2, 0.25) is 0 Å². The van der Waals surface area contributed by atoms with Crippen molar-refractivity contribution in [3.63, 3.8) is 0 Å². The van der Waals surface area contributed by atoms with E-state index in [1.807, 2.05) is 36.6 Å². The molecule has 4 heteroatoms. The molecule has 1 aromatic heterocycles. The highest BCUT2D eigenvalue weighted by atomic mass is 16.5. The maximum Gasteiger partial charge on any atom is 0.280 e. The molecule has 3 rings (SSSR count). The average Bonchev–Trinajstić information content (AvgIpc) is 2.30. The van der Waals surface area contributed by atoms with Crippen molar-refractivity contribution in [3.05, 3.63) is 35.9 Å². The van der Waals surface area contributed by atoms with Gasteiger partial charge in [0.25, 0.3) is 12.2 Å². The van der Waals surface area contributed by atoms with Crippen LogP contribution in [0.1, 0.15) is 11.4 Å². The molecule has 0 saturated heterocycles. The molecule has 0 radical (unpaired) electrons. The highest BCUT2D eigenvalue weighted by Crippen LogP contribution is 2.32. The standard InChI is InChI=1S/C12H12N3O/c1-8-4-3-5-10-11(8)16-7-15-9(2)13-6-14-12(10)15/h3-6H,7H2,1-2H3/q+1. The molecule has 1 aliphatic rings. The SMILES string of the molecule is Cc1cccc2c1OC[n+]1c(C)ncnc1-2. The summed E-state index contributed by atoms with van der Waals surface area (Å²) in [7, 11) is 0. The van der Waals surface area contributed by atoms with Crippen molar-refractivity contribution in [2.24, 2.45) is 0 Å². The van der Waals surface area contributed by atoms with E-state index in [2.05, 4.69) is 9.97 Å². The van der Waals surface area contributed by atoms with Crippen molar-refractivity contribution < 1.29 is 9.30 Å². The van der Waals surface area contributed by atoms with Gasteiger partial charge in [-0.15, -0.1) is 0 Å². The first-order valence-electron chi connectivity index (χ1n) is 5.21. The monoisotopic (exact) mass is 214 g/mol. The summed E-state index contributed by atoms with van der Waals surface area (Å²) in [5, 5.41) is 0. The van der Waals surface area contributed by atoms with Crippen LogP contribution in [0.25, 0.3) is 11.4 Å². The number of hydrogen-bond donors (Lipinski definition) is 0. The molecule has 0 saturated carbocycles. The maximum absolute atomic E-state index is 5.74. The first kappa shape index (κ1) is 9.27. The smallest absolute Gasteiger partial charge is 0.280 e. The van der Waals surface area contributed by atoms with Gasteiger partial charge in [0.2, 0.25) is 12.6 Å². The van der Waals surface area contributed by atoms with Crippen LogP contribution in [0.15, 0.2) is 24.5 Å². The molecule has 2 heterocycles. The van der Waals surface area contributed by atoms with E-state index in [4.69, 9.17) is 4.74 Å². The van der Waals surface area contributed by atoms with E-state index in [1.54, 1.807) is 6.33 Å². The van der Waals surface area contributed by atoms with Crippen LogP contribution >= 0.6 is 0 Å². The Kier molecular flexibility index (Phi) is 1.89. The highest BCUT2D eigenvalue weighted by Gasteiger charge is 2.25. The van der Waals surface area contributed by atoms with E-state index in [1.165, 1.54) is 0 Å². The average molecular weight is 214 g/mol. The lowest BCUT2D eigenvalue weighted by Gasteiger charge is -2.19. The number of benzene rings is 1. The molecular formula is C12H12N3O+. The third kappa shape index (κ3) is 1.19. The predicted molar refractivity (Wildman–Crippen MR) is 57.8 cm³/mol. The quantitative estimate of drug-likeness (QED) is 0.622. The van der Waals surface area contributed by atoms with Gasteiger partial charge in [-0.2, -0.15) is 4.57 Å². The van der Waals surface area contributed by atoms with E-state index in [-0.39, 0.29) is 0 Å². The summed E-state index contributed by atoms with van der Waals surface area (Å²) >= 11 is 0. The first-order valence-corrected chi connectivity index (χ1v) is 5.21. The van der Waals surface area contributed by atoms with Crippen molar-refractivity contribution in [1.82, 2.24) is 9.97 Å². The molecule has 4 nitrogen and oxygen atoms in total. The van der Waals surface area contributed by atoms with Crippen LogP contribution in [0.3, 0.4) is 0 Å². The summed E-state index contributed by atoms with van der Waals surface area (Å²) in [4.78, 5) is 8.49. The number of aromatic nitrogens is 3. The number of nitrogens with zero attached hydrogens (tertiary/aromatic N) is 3. The van der Waals surface area contributed by atoms with E-state index >= 15 is 0 Å². The summed E-state index contributed by atoms with van der Waals surface area (Å²) in [6, 6.07) is 6.09. The van der Waals surface area contributed by atoms with E-state index in [9.17, 15) is 0 Å². The van der Waals surface area contributed by atoms with Crippen LogP contribution < -0.4 is 9.30 Å². The van der Waals surface area contributed by atoms with Gasteiger partial charge in [0.05, 0.1) is 5.56 Å². The Morgan fingerprint density at radius 2 is 2.12 bits per heavy atom. The van der Waals surface area contributed by atoms with Gasteiger partial charge >= 0.3 is 0 Å². The lowest BCUT2D eigenvalue weighted by Crippen LogP contribution is -2.46. The predicted octanol–water partition coefficient (Wildman–Crippen LogP) is 1.40. The summed E-state index contributed by atoms with van der Waals surface area (Å²) in [5.41, 5.74) is 2.18. The molecule has 0 aliphatic carbocycles. The second-order valence-electron chi connectivity index (χ2n) is 3.90. The number of aryl methyl sites for hydroxylation is 2. The molecule has 0 amide bonds. The molecule has 1 aliphatic heterocycles. The fourth-order valence-corrected chi connectivity index (χ4v) is 1.98. The zero-order valence-electron chi connectivity index (χ0n) is 9.27. The van der Waals surface area contributed by atoms with Crippen molar-refractivity contribution in [2.45, 2.75) is 20.6 Å². The molecule has 0 unspecified atom stereocenters. The van der Waals surface area contributed by atoms with Gasteiger partial charge in [-0.1, -0.05) is 22.1 Å². The largest absolute Gasteiger partial charge is 0.459 e. The molecule has 0 N–H and O–H groups in total. The van der Waals surface area contributed by atoms with Crippen molar-refractivity contribution in [2.75, 3.05) is 0 Å². The number of hydrogen-bond acceptors (Lipinski definition) is 3. The van der Waals surface area contributed by atoms with Gasteiger partial charge in [-0.25, -0.2) is 0 Å². The van der Waals surface area contributed by atoms with Crippen LogP contribution in [-0.4, -0.2) is 9.97 Å². The zero-order valence-corrected chi connectivity index (χ0v) is 9.27. The lowest BCUT2D eigenvalue weighted by atomic mass is 10.1. The van der Waals surface area contributed by atoms with Gasteiger partial charge in [-0.05, 0) is 18.6 Å². The Bertz CT molecular complexity index is 515. The van der Waals surface area contributed by atoms with E-state index in [0.29, 0.717) is 6.73 Å². The minimum absolute atomic E-state index is 0.486. The van der Waals surface area contributed by atoms with Crippen LogP contribution in [0, 0.1) is 13.8 Å². The van der Waals surface area contributed by atoms with Gasteiger partial charge in [0.15, 0.2) is 0 Å². The molecule has 2 aromatic rings. The molecular weight excluding hydrogens is 202 g/mol. The molecule has 0 bridgehead atoms. The molecule has 80 valence electrons. The second kappa shape index (κ2) is 3.27. The Hall–Kier alpha value is -1.97. The van der Waals surface area contributed by atoms with Crippen molar-refractivity contribution in [3.8, 4) is 17.1 Å². The Labute approximate surface area is 93.6 Å². The summed E-state index contributed by atoms with van der Waals surface area (Å²) in [6.45, 7) is 4.48. The topological polar surface area (TPSA) is 38.9 Å². The van der Waals surface area contributed by atoms with E-state index in [0.717, 1.165) is 28.5 Å². The molecule has 1 aromatic carbocycles. The van der Waals surface area contributed by atoms with Gasteiger partial charge in [-0.3, -0.25) is 0 Å². The van der Waals surface area contributed by atoms with Gasteiger partial charge < -0.3 is 4.74 Å². The van der Waals surface area contributed by atoms with Crippen LogP contribution in [-0.2, 0) is 6.73 Å². The number of para-hydroxylation sites is 1. The van der Waals surface area contributed by atoms with Crippen LogP contribution in [0.5, 0.6) is 5.75 Å². The second-order valence-corrected chi connectivity index (χ2v) is 3.90. The molecule has 16 heavy (non-hydrogen) atoms. The Morgan fingerprint density at radius 3 is 3.00 bits per heavy atom. The number of fused-ring (bicyclic) bond motifs is 3. The van der Waals surface area contributed by atoms with E-state index < -0.39 is 0 Å². The maximum atomic E-state index is 5.74. The zero-order chi connectivity index (χ0) is 11.1.